The highest BCUT2D eigenvalue weighted by Gasteiger charge is 2.22. The second-order valence-electron chi connectivity index (χ2n) is 4.45. The van der Waals surface area contributed by atoms with E-state index in [2.05, 4.69) is 5.32 Å². The third-order valence-electron chi connectivity index (χ3n) is 3.09. The maximum atomic E-state index is 10.9. The van der Waals surface area contributed by atoms with Crippen molar-refractivity contribution in [2.45, 2.75) is 12.5 Å². The molecule has 0 aromatic heterocycles. The Balaban J connectivity index is 1.77. The molecule has 1 fully saturated rings. The van der Waals surface area contributed by atoms with Gasteiger partial charge in [-0.25, -0.2) is 4.79 Å². The largest absolute Gasteiger partial charge is 0.492 e. The van der Waals surface area contributed by atoms with E-state index in [1.807, 2.05) is 18.2 Å². The second-order valence-corrected chi connectivity index (χ2v) is 4.85. The summed E-state index contributed by atoms with van der Waals surface area (Å²) in [5.74, 6) is 0.662. The van der Waals surface area contributed by atoms with Crippen LogP contribution in [0.25, 0.3) is 0 Å². The highest BCUT2D eigenvalue weighted by atomic mass is 35.5. The van der Waals surface area contributed by atoms with Gasteiger partial charge in [0.15, 0.2) is 0 Å². The summed E-state index contributed by atoms with van der Waals surface area (Å²) in [5, 5.41) is 12.8. The number of halogens is 1. The molecule has 2 N–H and O–H groups in total. The first-order valence-electron chi connectivity index (χ1n) is 6.25. The highest BCUT2D eigenvalue weighted by Crippen LogP contribution is 2.23. The molecule has 104 valence electrons. The molecule has 0 radical (unpaired) electrons. The van der Waals surface area contributed by atoms with E-state index in [9.17, 15) is 4.79 Å². The van der Waals surface area contributed by atoms with Crippen molar-refractivity contribution in [3.63, 3.8) is 0 Å². The Morgan fingerprint density at radius 3 is 3.05 bits per heavy atom. The van der Waals surface area contributed by atoms with E-state index in [4.69, 9.17) is 21.4 Å². The predicted octanol–water partition coefficient (Wildman–Crippen LogP) is 2.06. The highest BCUT2D eigenvalue weighted by molar-refractivity contribution is 6.32. The summed E-state index contributed by atoms with van der Waals surface area (Å²) in [6.45, 7) is 2.23. The van der Waals surface area contributed by atoms with Crippen molar-refractivity contribution in [3.05, 3.63) is 29.3 Å². The maximum absolute atomic E-state index is 10.9. The number of hydrogen-bond donors (Lipinski definition) is 2. The first kappa shape index (κ1) is 14.0. The fourth-order valence-corrected chi connectivity index (χ4v) is 2.26. The number of nitrogens with one attached hydrogen (secondary N) is 1. The van der Waals surface area contributed by atoms with Crippen molar-refractivity contribution in [1.29, 1.82) is 0 Å². The van der Waals surface area contributed by atoms with Crippen LogP contribution < -0.4 is 10.1 Å². The number of amides is 1. The van der Waals surface area contributed by atoms with Gasteiger partial charge in [0.1, 0.15) is 5.75 Å². The third-order valence-corrected chi connectivity index (χ3v) is 3.40. The molecule has 2 rings (SSSR count). The molecule has 6 heteroatoms. The number of benzene rings is 1. The van der Waals surface area contributed by atoms with Crippen LogP contribution in [0.15, 0.2) is 24.3 Å². The van der Waals surface area contributed by atoms with Gasteiger partial charge in [0.05, 0.1) is 11.6 Å². The number of carboxylic acid groups (broad SMARTS) is 1. The molecule has 5 nitrogen and oxygen atoms in total. The van der Waals surface area contributed by atoms with Crippen LogP contribution in [0, 0.1) is 0 Å². The average Bonchev–Trinajstić information content (AvgIpc) is 2.41. The standard InChI is InChI=1S/C13H17ClN2O3/c14-11-3-1-2-4-12(11)19-8-5-10-9-16(13(17)18)7-6-15-10/h1-4,10,15H,5-9H2,(H,17,18). The minimum Gasteiger partial charge on any atom is -0.492 e. The van der Waals surface area contributed by atoms with Crippen LogP contribution in [-0.2, 0) is 0 Å². The van der Waals surface area contributed by atoms with Crippen LogP contribution in [0.1, 0.15) is 6.42 Å². The molecule has 1 atom stereocenters. The van der Waals surface area contributed by atoms with Gasteiger partial charge in [0.2, 0.25) is 0 Å². The van der Waals surface area contributed by atoms with Gasteiger partial charge in [-0.2, -0.15) is 0 Å². The van der Waals surface area contributed by atoms with E-state index in [0.29, 0.717) is 37.0 Å². The summed E-state index contributed by atoms with van der Waals surface area (Å²) >= 11 is 5.98. The number of ether oxygens (including phenoxy) is 1. The maximum Gasteiger partial charge on any atom is 0.407 e. The molecule has 1 aliphatic heterocycles. The number of rotatable bonds is 4. The molecular weight excluding hydrogens is 268 g/mol. The number of piperazine rings is 1. The molecule has 1 aromatic carbocycles. The lowest BCUT2D eigenvalue weighted by Gasteiger charge is -2.31. The lowest BCUT2D eigenvalue weighted by atomic mass is 10.1. The van der Waals surface area contributed by atoms with Gasteiger partial charge in [-0.15, -0.1) is 0 Å². The van der Waals surface area contributed by atoms with Crippen molar-refractivity contribution in [2.75, 3.05) is 26.2 Å². The van der Waals surface area contributed by atoms with Crippen molar-refractivity contribution >= 4 is 17.7 Å². The van der Waals surface area contributed by atoms with Gasteiger partial charge in [0.25, 0.3) is 0 Å². The molecule has 0 aliphatic carbocycles. The lowest BCUT2D eigenvalue weighted by Crippen LogP contribution is -2.52. The zero-order valence-corrected chi connectivity index (χ0v) is 11.3. The van der Waals surface area contributed by atoms with Gasteiger partial charge < -0.3 is 20.1 Å². The molecule has 1 heterocycles. The van der Waals surface area contributed by atoms with Crippen molar-refractivity contribution in [3.8, 4) is 5.75 Å². The van der Waals surface area contributed by atoms with Gasteiger partial charge in [0, 0.05) is 25.7 Å². The Morgan fingerprint density at radius 1 is 1.53 bits per heavy atom. The van der Waals surface area contributed by atoms with E-state index in [1.54, 1.807) is 6.07 Å². The number of hydrogen-bond acceptors (Lipinski definition) is 3. The van der Waals surface area contributed by atoms with Crippen LogP contribution >= 0.6 is 11.6 Å². The number of nitrogens with zero attached hydrogens (tertiary/aromatic N) is 1. The normalized spacial score (nSPS) is 19.2. The fourth-order valence-electron chi connectivity index (χ4n) is 2.07. The predicted molar refractivity (Wildman–Crippen MR) is 73.0 cm³/mol. The molecule has 1 saturated heterocycles. The minimum absolute atomic E-state index is 0.132. The summed E-state index contributed by atoms with van der Waals surface area (Å²) in [6.07, 6.45) is -0.117. The Kier molecular flexibility index (Phi) is 4.87. The zero-order valence-electron chi connectivity index (χ0n) is 10.5. The quantitative estimate of drug-likeness (QED) is 0.888. The van der Waals surface area contributed by atoms with Crippen LogP contribution in [0.2, 0.25) is 5.02 Å². The second kappa shape index (κ2) is 6.63. The summed E-state index contributed by atoms with van der Waals surface area (Å²) in [7, 11) is 0. The summed E-state index contributed by atoms with van der Waals surface area (Å²) in [5.41, 5.74) is 0. The number of para-hydroxylation sites is 1. The molecule has 0 saturated carbocycles. The Morgan fingerprint density at radius 2 is 2.32 bits per heavy atom. The van der Waals surface area contributed by atoms with E-state index in [1.165, 1.54) is 4.90 Å². The smallest absolute Gasteiger partial charge is 0.407 e. The van der Waals surface area contributed by atoms with Crippen LogP contribution in [0.5, 0.6) is 5.75 Å². The van der Waals surface area contributed by atoms with Gasteiger partial charge in [-0.3, -0.25) is 0 Å². The van der Waals surface area contributed by atoms with Crippen LogP contribution in [0.4, 0.5) is 4.79 Å². The minimum atomic E-state index is -0.862. The first-order chi connectivity index (χ1) is 9.16. The van der Waals surface area contributed by atoms with Crippen molar-refractivity contribution in [2.24, 2.45) is 0 Å². The Bertz CT molecular complexity index is 442. The molecule has 1 unspecified atom stereocenters. The average molecular weight is 285 g/mol. The Labute approximate surface area is 117 Å². The summed E-state index contributed by atoms with van der Waals surface area (Å²) < 4.78 is 5.60. The van der Waals surface area contributed by atoms with E-state index >= 15 is 0 Å². The van der Waals surface area contributed by atoms with Crippen LogP contribution in [0.3, 0.4) is 0 Å². The Hall–Kier alpha value is -1.46. The first-order valence-corrected chi connectivity index (χ1v) is 6.63. The van der Waals surface area contributed by atoms with Gasteiger partial charge in [-0.1, -0.05) is 23.7 Å². The molecule has 19 heavy (non-hydrogen) atoms. The topological polar surface area (TPSA) is 61.8 Å². The van der Waals surface area contributed by atoms with Gasteiger partial charge >= 0.3 is 6.09 Å². The summed E-state index contributed by atoms with van der Waals surface area (Å²) in [6, 6.07) is 7.45. The monoisotopic (exact) mass is 284 g/mol. The van der Waals surface area contributed by atoms with E-state index in [0.717, 1.165) is 6.42 Å². The summed E-state index contributed by atoms with van der Waals surface area (Å²) in [4.78, 5) is 12.3. The van der Waals surface area contributed by atoms with Crippen molar-refractivity contribution < 1.29 is 14.6 Å². The molecule has 1 aliphatic rings. The van der Waals surface area contributed by atoms with E-state index in [-0.39, 0.29) is 6.04 Å². The van der Waals surface area contributed by atoms with Crippen molar-refractivity contribution in [1.82, 2.24) is 10.2 Å². The van der Waals surface area contributed by atoms with E-state index < -0.39 is 6.09 Å². The molecule has 1 aromatic rings. The fraction of sp³-hybridized carbons (Fsp3) is 0.462. The molecule has 0 bridgehead atoms. The van der Waals surface area contributed by atoms with Crippen LogP contribution in [-0.4, -0.2) is 48.4 Å². The third kappa shape index (κ3) is 4.01. The molecule has 1 amide bonds. The zero-order chi connectivity index (χ0) is 13.7. The SMILES string of the molecule is O=C(O)N1CCNC(CCOc2ccccc2Cl)C1. The molecule has 0 spiro atoms. The number of carbonyl (C=O) groups is 1. The molecular formula is C13H17ClN2O3. The van der Waals surface area contributed by atoms with Gasteiger partial charge in [-0.05, 0) is 18.6 Å². The lowest BCUT2D eigenvalue weighted by molar-refractivity contribution is 0.124.